The highest BCUT2D eigenvalue weighted by molar-refractivity contribution is 7.98. The van der Waals surface area contributed by atoms with Crippen LogP contribution in [0, 0.1) is 0 Å². The van der Waals surface area contributed by atoms with E-state index in [0.29, 0.717) is 11.4 Å². The van der Waals surface area contributed by atoms with Crippen LogP contribution < -0.4 is 4.72 Å². The Bertz CT molecular complexity index is 487. The molecule has 0 aromatic heterocycles. The Morgan fingerprint density at radius 1 is 1.16 bits per heavy atom. The van der Waals surface area contributed by atoms with Gasteiger partial charge in [0.1, 0.15) is 0 Å². The van der Waals surface area contributed by atoms with Crippen LogP contribution in [-0.2, 0) is 15.4 Å². The molecule has 0 aliphatic carbocycles. The predicted octanol–water partition coefficient (Wildman–Crippen LogP) is 3.02. The number of thioether (sulfide) groups is 1. The van der Waals surface area contributed by atoms with Gasteiger partial charge in [-0.15, -0.1) is 0 Å². The third kappa shape index (κ3) is 5.16. The Morgan fingerprint density at radius 2 is 1.74 bits per heavy atom. The minimum Gasteiger partial charge on any atom is -0.211 e. The van der Waals surface area contributed by atoms with Crippen LogP contribution in [0.15, 0.2) is 29.2 Å². The van der Waals surface area contributed by atoms with Gasteiger partial charge in [-0.05, 0) is 41.5 Å². The molecule has 0 heterocycles. The average Bonchev–Trinajstić information content (AvgIpc) is 2.34. The maximum Gasteiger partial charge on any atom is 0.240 e. The van der Waals surface area contributed by atoms with Crippen LogP contribution in [0.2, 0.25) is 0 Å². The smallest absolute Gasteiger partial charge is 0.211 e. The van der Waals surface area contributed by atoms with Crippen LogP contribution >= 0.6 is 11.8 Å². The topological polar surface area (TPSA) is 46.2 Å². The zero-order valence-corrected chi connectivity index (χ0v) is 13.7. The maximum absolute atomic E-state index is 12.0. The van der Waals surface area contributed by atoms with Crippen LogP contribution in [-0.4, -0.2) is 27.0 Å². The van der Waals surface area contributed by atoms with Crippen molar-refractivity contribution in [2.75, 3.05) is 18.6 Å². The van der Waals surface area contributed by atoms with E-state index in [1.807, 2.05) is 18.4 Å². The first-order chi connectivity index (χ1) is 8.77. The van der Waals surface area contributed by atoms with Crippen molar-refractivity contribution in [3.63, 3.8) is 0 Å². The highest BCUT2D eigenvalue weighted by Crippen LogP contribution is 2.23. The molecule has 0 radical (unpaired) electrons. The van der Waals surface area contributed by atoms with E-state index in [1.165, 1.54) is 0 Å². The molecule has 1 N–H and O–H groups in total. The summed E-state index contributed by atoms with van der Waals surface area (Å²) in [6.45, 7) is 6.82. The second-order valence-electron chi connectivity index (χ2n) is 5.52. The fraction of sp³-hybridized carbons (Fsp3) is 0.571. The molecule has 0 aliphatic rings. The van der Waals surface area contributed by atoms with Gasteiger partial charge in [0.05, 0.1) is 4.90 Å². The van der Waals surface area contributed by atoms with Gasteiger partial charge in [-0.3, -0.25) is 0 Å². The Balaban J connectivity index is 2.74. The number of sulfonamides is 1. The van der Waals surface area contributed by atoms with Gasteiger partial charge in [0.25, 0.3) is 0 Å². The van der Waals surface area contributed by atoms with Crippen molar-refractivity contribution in [2.24, 2.45) is 0 Å². The van der Waals surface area contributed by atoms with Gasteiger partial charge in [0.15, 0.2) is 0 Å². The quantitative estimate of drug-likeness (QED) is 0.822. The highest BCUT2D eigenvalue weighted by Gasteiger charge is 2.16. The Kier molecular flexibility index (Phi) is 5.89. The summed E-state index contributed by atoms with van der Waals surface area (Å²) in [7, 11) is -3.36. The first-order valence-electron chi connectivity index (χ1n) is 6.36. The van der Waals surface area contributed by atoms with Gasteiger partial charge in [-0.1, -0.05) is 32.9 Å². The first-order valence-corrected chi connectivity index (χ1v) is 9.24. The molecule has 1 aromatic rings. The summed E-state index contributed by atoms with van der Waals surface area (Å²) in [4.78, 5) is 0.338. The SMILES string of the molecule is CSCCCNS(=O)(=O)c1ccc(C(C)(C)C)cc1. The van der Waals surface area contributed by atoms with Crippen LogP contribution in [0.25, 0.3) is 0 Å². The molecule has 0 unspecified atom stereocenters. The van der Waals surface area contributed by atoms with Crippen molar-refractivity contribution in [3.05, 3.63) is 29.8 Å². The Morgan fingerprint density at radius 3 is 2.21 bits per heavy atom. The van der Waals surface area contributed by atoms with E-state index in [4.69, 9.17) is 0 Å². The number of hydrogen-bond acceptors (Lipinski definition) is 3. The molecule has 1 aromatic carbocycles. The van der Waals surface area contributed by atoms with Gasteiger partial charge in [0.2, 0.25) is 10.0 Å². The molecule has 0 atom stereocenters. The van der Waals surface area contributed by atoms with Crippen molar-refractivity contribution in [1.29, 1.82) is 0 Å². The molecule has 0 fully saturated rings. The molecule has 0 amide bonds. The predicted molar refractivity (Wildman–Crippen MR) is 83.3 cm³/mol. The lowest BCUT2D eigenvalue weighted by Gasteiger charge is -2.19. The lowest BCUT2D eigenvalue weighted by atomic mass is 9.87. The lowest BCUT2D eigenvalue weighted by Crippen LogP contribution is -2.25. The van der Waals surface area contributed by atoms with Crippen LogP contribution in [0.1, 0.15) is 32.8 Å². The second kappa shape index (κ2) is 6.77. The Hall–Kier alpha value is -0.520. The van der Waals surface area contributed by atoms with Gasteiger partial charge in [0, 0.05) is 6.54 Å². The van der Waals surface area contributed by atoms with E-state index >= 15 is 0 Å². The monoisotopic (exact) mass is 301 g/mol. The third-order valence-electron chi connectivity index (χ3n) is 2.85. The minimum absolute atomic E-state index is 0.0358. The summed E-state index contributed by atoms with van der Waals surface area (Å²) in [5, 5.41) is 0. The summed E-state index contributed by atoms with van der Waals surface area (Å²) in [5.74, 6) is 0.964. The van der Waals surface area contributed by atoms with Crippen molar-refractivity contribution in [3.8, 4) is 0 Å². The van der Waals surface area contributed by atoms with Gasteiger partial charge in [-0.2, -0.15) is 11.8 Å². The van der Waals surface area contributed by atoms with E-state index < -0.39 is 10.0 Å². The molecular formula is C14H23NO2S2. The maximum atomic E-state index is 12.0. The zero-order valence-electron chi connectivity index (χ0n) is 12.1. The average molecular weight is 301 g/mol. The summed E-state index contributed by atoms with van der Waals surface area (Å²) in [6.07, 6.45) is 2.86. The number of benzene rings is 1. The molecule has 0 saturated heterocycles. The van der Waals surface area contributed by atoms with Crippen molar-refractivity contribution < 1.29 is 8.42 Å². The van der Waals surface area contributed by atoms with Crippen molar-refractivity contribution >= 4 is 21.8 Å². The molecule has 0 bridgehead atoms. The number of hydrogen-bond donors (Lipinski definition) is 1. The zero-order chi connectivity index (χ0) is 14.5. The molecule has 0 aliphatic heterocycles. The third-order valence-corrected chi connectivity index (χ3v) is 5.02. The summed E-state index contributed by atoms with van der Waals surface area (Å²) in [6, 6.07) is 7.13. The van der Waals surface area contributed by atoms with E-state index in [-0.39, 0.29) is 5.41 Å². The molecule has 0 spiro atoms. The molecule has 5 heteroatoms. The normalized spacial score (nSPS) is 12.6. The van der Waals surface area contributed by atoms with E-state index in [9.17, 15) is 8.42 Å². The fourth-order valence-corrected chi connectivity index (χ4v) is 3.15. The van der Waals surface area contributed by atoms with E-state index in [1.54, 1.807) is 23.9 Å². The first kappa shape index (κ1) is 16.5. The second-order valence-corrected chi connectivity index (χ2v) is 8.27. The van der Waals surface area contributed by atoms with Gasteiger partial charge < -0.3 is 0 Å². The standard InChI is InChI=1S/C14H23NO2S2/c1-14(2,3)12-6-8-13(9-7-12)19(16,17)15-10-5-11-18-4/h6-9,15H,5,10-11H2,1-4H3. The van der Waals surface area contributed by atoms with Gasteiger partial charge in [-0.25, -0.2) is 13.1 Å². The van der Waals surface area contributed by atoms with Crippen LogP contribution in [0.3, 0.4) is 0 Å². The fourth-order valence-electron chi connectivity index (χ4n) is 1.64. The lowest BCUT2D eigenvalue weighted by molar-refractivity contribution is 0.578. The minimum atomic E-state index is -3.36. The number of rotatable bonds is 6. The Labute approximate surface area is 121 Å². The largest absolute Gasteiger partial charge is 0.240 e. The van der Waals surface area contributed by atoms with Crippen molar-refractivity contribution in [1.82, 2.24) is 4.72 Å². The molecule has 0 saturated carbocycles. The molecular weight excluding hydrogens is 278 g/mol. The number of nitrogens with one attached hydrogen (secondary N) is 1. The van der Waals surface area contributed by atoms with Crippen LogP contribution in [0.5, 0.6) is 0 Å². The van der Waals surface area contributed by atoms with E-state index in [2.05, 4.69) is 25.5 Å². The molecule has 3 nitrogen and oxygen atoms in total. The van der Waals surface area contributed by atoms with Crippen LogP contribution in [0.4, 0.5) is 0 Å². The van der Waals surface area contributed by atoms with Crippen molar-refractivity contribution in [2.45, 2.75) is 37.5 Å². The summed E-state index contributed by atoms with van der Waals surface area (Å²) in [5.41, 5.74) is 1.17. The van der Waals surface area contributed by atoms with E-state index in [0.717, 1.165) is 17.7 Å². The molecule has 1 rings (SSSR count). The van der Waals surface area contributed by atoms with Gasteiger partial charge >= 0.3 is 0 Å². The highest BCUT2D eigenvalue weighted by atomic mass is 32.2. The molecule has 108 valence electrons. The molecule has 19 heavy (non-hydrogen) atoms. The summed E-state index contributed by atoms with van der Waals surface area (Å²) >= 11 is 1.72. The summed E-state index contributed by atoms with van der Waals surface area (Å²) < 4.78 is 26.7.